The predicted molar refractivity (Wildman–Crippen MR) is 72.9 cm³/mol. The molecule has 1 N–H and O–H groups in total. The van der Waals surface area contributed by atoms with Crippen LogP contribution >= 0.6 is 0 Å². The van der Waals surface area contributed by atoms with Gasteiger partial charge in [0.1, 0.15) is 5.82 Å². The SMILES string of the molecule is COCCn1ccnc1CN1CCN(C)[C@@H](CO)C1. The molecule has 19 heavy (non-hydrogen) atoms. The van der Waals surface area contributed by atoms with Crippen LogP contribution in [0.25, 0.3) is 0 Å². The van der Waals surface area contributed by atoms with Gasteiger partial charge in [-0.25, -0.2) is 4.98 Å². The number of hydrogen-bond donors (Lipinski definition) is 1. The van der Waals surface area contributed by atoms with Gasteiger partial charge < -0.3 is 14.4 Å². The normalized spacial score (nSPS) is 21.9. The summed E-state index contributed by atoms with van der Waals surface area (Å²) in [6.45, 7) is 5.48. The zero-order valence-electron chi connectivity index (χ0n) is 11.8. The van der Waals surface area contributed by atoms with Gasteiger partial charge in [-0.3, -0.25) is 9.80 Å². The molecule has 0 amide bonds. The van der Waals surface area contributed by atoms with Gasteiger partial charge >= 0.3 is 0 Å². The minimum absolute atomic E-state index is 0.213. The lowest BCUT2D eigenvalue weighted by molar-refractivity contribution is 0.0520. The zero-order chi connectivity index (χ0) is 13.7. The summed E-state index contributed by atoms with van der Waals surface area (Å²) in [5.74, 6) is 1.07. The van der Waals surface area contributed by atoms with E-state index < -0.39 is 0 Å². The van der Waals surface area contributed by atoms with E-state index in [1.807, 2.05) is 12.4 Å². The zero-order valence-corrected chi connectivity index (χ0v) is 11.8. The van der Waals surface area contributed by atoms with Gasteiger partial charge in [0.05, 0.1) is 19.8 Å². The van der Waals surface area contributed by atoms with Crippen molar-refractivity contribution in [2.75, 3.05) is 47.0 Å². The average molecular weight is 268 g/mol. The molecule has 1 aromatic heterocycles. The summed E-state index contributed by atoms with van der Waals surface area (Å²) in [6, 6.07) is 0.233. The summed E-state index contributed by atoms with van der Waals surface area (Å²) in [5, 5.41) is 9.37. The summed E-state index contributed by atoms with van der Waals surface area (Å²) in [7, 11) is 3.78. The first-order valence-electron chi connectivity index (χ1n) is 6.77. The Bertz CT molecular complexity index is 382. The highest BCUT2D eigenvalue weighted by molar-refractivity contribution is 4.94. The Morgan fingerprint density at radius 2 is 2.32 bits per heavy atom. The van der Waals surface area contributed by atoms with Crippen LogP contribution in [-0.2, 0) is 17.8 Å². The topological polar surface area (TPSA) is 53.8 Å². The fourth-order valence-electron chi connectivity index (χ4n) is 2.44. The Morgan fingerprint density at radius 3 is 3.05 bits per heavy atom. The Labute approximate surface area is 114 Å². The van der Waals surface area contributed by atoms with Crippen LogP contribution in [0, 0.1) is 0 Å². The number of likely N-dealkylation sites (N-methyl/N-ethyl adjacent to an activating group) is 1. The van der Waals surface area contributed by atoms with Gasteiger partial charge in [-0.05, 0) is 7.05 Å². The number of imidazole rings is 1. The van der Waals surface area contributed by atoms with E-state index in [-0.39, 0.29) is 12.6 Å². The second-order valence-electron chi connectivity index (χ2n) is 5.08. The number of piperazine rings is 1. The number of aromatic nitrogens is 2. The van der Waals surface area contributed by atoms with E-state index >= 15 is 0 Å². The largest absolute Gasteiger partial charge is 0.395 e. The number of nitrogens with zero attached hydrogens (tertiary/aromatic N) is 4. The van der Waals surface area contributed by atoms with Gasteiger partial charge in [-0.1, -0.05) is 0 Å². The fourth-order valence-corrected chi connectivity index (χ4v) is 2.44. The summed E-state index contributed by atoms with van der Waals surface area (Å²) in [4.78, 5) is 8.99. The number of aliphatic hydroxyl groups excluding tert-OH is 1. The van der Waals surface area contributed by atoms with Gasteiger partial charge in [-0.2, -0.15) is 0 Å². The van der Waals surface area contributed by atoms with Crippen LogP contribution in [0.3, 0.4) is 0 Å². The van der Waals surface area contributed by atoms with Gasteiger partial charge in [-0.15, -0.1) is 0 Å². The molecule has 1 saturated heterocycles. The molecule has 108 valence electrons. The molecule has 0 unspecified atom stereocenters. The maximum Gasteiger partial charge on any atom is 0.122 e. The van der Waals surface area contributed by atoms with E-state index in [9.17, 15) is 5.11 Å². The van der Waals surface area contributed by atoms with Crippen molar-refractivity contribution in [3.8, 4) is 0 Å². The van der Waals surface area contributed by atoms with E-state index in [2.05, 4.69) is 26.4 Å². The molecule has 0 aromatic carbocycles. The fraction of sp³-hybridized carbons (Fsp3) is 0.769. The standard InChI is InChI=1S/C13H24N4O2/c1-15-5-6-16(9-12(15)11-18)10-13-14-3-4-17(13)7-8-19-2/h3-4,12,18H,5-11H2,1-2H3/t12-/m1/s1. The molecule has 1 aliphatic heterocycles. The minimum Gasteiger partial charge on any atom is -0.395 e. The number of methoxy groups -OCH3 is 1. The summed E-state index contributed by atoms with van der Waals surface area (Å²) in [6.07, 6.45) is 3.83. The Kier molecular flexibility index (Phi) is 5.33. The lowest BCUT2D eigenvalue weighted by atomic mass is 10.2. The molecule has 6 heteroatoms. The molecule has 2 rings (SSSR count). The van der Waals surface area contributed by atoms with Gasteiger partial charge in [0.15, 0.2) is 0 Å². The number of aliphatic hydroxyl groups is 1. The van der Waals surface area contributed by atoms with Crippen molar-refractivity contribution < 1.29 is 9.84 Å². The third-order valence-electron chi connectivity index (χ3n) is 3.78. The molecule has 2 heterocycles. The van der Waals surface area contributed by atoms with E-state index in [0.717, 1.165) is 38.5 Å². The van der Waals surface area contributed by atoms with Crippen molar-refractivity contribution in [3.05, 3.63) is 18.2 Å². The highest BCUT2D eigenvalue weighted by Crippen LogP contribution is 2.11. The van der Waals surface area contributed by atoms with Gasteiger partial charge in [0.2, 0.25) is 0 Å². The van der Waals surface area contributed by atoms with Crippen LogP contribution in [0.15, 0.2) is 12.4 Å². The third-order valence-corrected chi connectivity index (χ3v) is 3.78. The molecule has 0 bridgehead atoms. The molecule has 1 aliphatic rings. The van der Waals surface area contributed by atoms with Crippen LogP contribution < -0.4 is 0 Å². The minimum atomic E-state index is 0.213. The van der Waals surface area contributed by atoms with Crippen molar-refractivity contribution in [1.29, 1.82) is 0 Å². The van der Waals surface area contributed by atoms with Crippen LogP contribution in [0.5, 0.6) is 0 Å². The van der Waals surface area contributed by atoms with Crippen molar-refractivity contribution >= 4 is 0 Å². The maximum atomic E-state index is 9.37. The molecule has 1 aromatic rings. The van der Waals surface area contributed by atoms with Crippen LogP contribution in [0.2, 0.25) is 0 Å². The number of rotatable bonds is 6. The molecule has 1 fully saturated rings. The third kappa shape index (κ3) is 3.76. The second-order valence-corrected chi connectivity index (χ2v) is 5.08. The first kappa shape index (κ1) is 14.5. The Hall–Kier alpha value is -0.950. The molecule has 0 aliphatic carbocycles. The van der Waals surface area contributed by atoms with E-state index in [1.165, 1.54) is 0 Å². The van der Waals surface area contributed by atoms with Crippen molar-refractivity contribution in [3.63, 3.8) is 0 Å². The van der Waals surface area contributed by atoms with E-state index in [1.54, 1.807) is 7.11 Å². The smallest absolute Gasteiger partial charge is 0.122 e. The van der Waals surface area contributed by atoms with Crippen LogP contribution in [0.4, 0.5) is 0 Å². The Morgan fingerprint density at radius 1 is 1.47 bits per heavy atom. The first-order valence-corrected chi connectivity index (χ1v) is 6.77. The molecule has 0 spiro atoms. The van der Waals surface area contributed by atoms with Crippen LogP contribution in [-0.4, -0.2) is 77.5 Å². The van der Waals surface area contributed by atoms with Gasteiger partial charge in [0, 0.05) is 51.7 Å². The van der Waals surface area contributed by atoms with E-state index in [0.29, 0.717) is 6.61 Å². The maximum absolute atomic E-state index is 9.37. The molecule has 6 nitrogen and oxygen atoms in total. The number of hydrogen-bond acceptors (Lipinski definition) is 5. The highest BCUT2D eigenvalue weighted by Gasteiger charge is 2.24. The van der Waals surface area contributed by atoms with E-state index in [4.69, 9.17) is 4.74 Å². The first-order chi connectivity index (χ1) is 9.24. The summed E-state index contributed by atoms with van der Waals surface area (Å²) < 4.78 is 7.24. The molecule has 1 atom stereocenters. The quantitative estimate of drug-likeness (QED) is 0.763. The summed E-state index contributed by atoms with van der Waals surface area (Å²) >= 11 is 0. The lowest BCUT2D eigenvalue weighted by Gasteiger charge is -2.38. The lowest BCUT2D eigenvalue weighted by Crippen LogP contribution is -2.52. The van der Waals surface area contributed by atoms with Gasteiger partial charge in [0.25, 0.3) is 0 Å². The average Bonchev–Trinajstić information content (AvgIpc) is 2.86. The number of ether oxygens (including phenoxy) is 1. The highest BCUT2D eigenvalue weighted by atomic mass is 16.5. The molecular formula is C13H24N4O2. The van der Waals surface area contributed by atoms with Crippen molar-refractivity contribution in [1.82, 2.24) is 19.4 Å². The molecular weight excluding hydrogens is 244 g/mol. The summed E-state index contributed by atoms with van der Waals surface area (Å²) in [5.41, 5.74) is 0. The molecule has 0 radical (unpaired) electrons. The Balaban J connectivity index is 1.92. The monoisotopic (exact) mass is 268 g/mol. The predicted octanol–water partition coefficient (Wildman–Crippen LogP) is -0.362. The van der Waals surface area contributed by atoms with Crippen LogP contribution in [0.1, 0.15) is 5.82 Å². The second kappa shape index (κ2) is 7.00. The molecule has 0 saturated carbocycles. The van der Waals surface area contributed by atoms with Crippen molar-refractivity contribution in [2.24, 2.45) is 0 Å². The van der Waals surface area contributed by atoms with Crippen molar-refractivity contribution in [2.45, 2.75) is 19.1 Å².